The summed E-state index contributed by atoms with van der Waals surface area (Å²) >= 11 is 0. The van der Waals surface area contributed by atoms with Gasteiger partial charge in [0.1, 0.15) is 0 Å². The van der Waals surface area contributed by atoms with Crippen molar-refractivity contribution in [2.45, 2.75) is 26.2 Å². The minimum absolute atomic E-state index is 1.09. The lowest BCUT2D eigenvalue weighted by Gasteiger charge is -2.10. The molecule has 0 saturated carbocycles. The van der Waals surface area contributed by atoms with Gasteiger partial charge in [-0.2, -0.15) is 0 Å². The van der Waals surface area contributed by atoms with Crippen LogP contribution in [-0.2, 0) is 0 Å². The lowest BCUT2D eigenvalue weighted by Crippen LogP contribution is -2.10. The van der Waals surface area contributed by atoms with Crippen molar-refractivity contribution < 1.29 is 0 Å². The second kappa shape index (κ2) is 2.10. The number of nitrogens with zero attached hydrogens (tertiary/aromatic N) is 1. The van der Waals surface area contributed by atoms with Crippen LogP contribution in [0.25, 0.3) is 0 Å². The van der Waals surface area contributed by atoms with E-state index in [1.807, 2.05) is 0 Å². The molecule has 40 valence electrons. The third-order valence-electron chi connectivity index (χ3n) is 1.27. The normalized spacial score (nSPS) is 18.1. The highest BCUT2D eigenvalue weighted by atomic mass is 14.8. The van der Waals surface area contributed by atoms with Crippen molar-refractivity contribution in [2.24, 2.45) is 4.99 Å². The van der Waals surface area contributed by atoms with Gasteiger partial charge >= 0.3 is 0 Å². The maximum absolute atomic E-state index is 4.18. The quantitative estimate of drug-likeness (QED) is 0.496. The first-order valence-electron chi connectivity index (χ1n) is 2.95. The van der Waals surface area contributed by atoms with E-state index < -0.39 is 0 Å². The number of aliphatic imine (C=N–C) groups is 1. The highest BCUT2D eigenvalue weighted by Gasteiger charge is 2.03. The van der Waals surface area contributed by atoms with Gasteiger partial charge in [0.2, 0.25) is 0 Å². The molecule has 0 atom stereocenters. The van der Waals surface area contributed by atoms with Crippen LogP contribution in [0.4, 0.5) is 0 Å². The molecule has 0 N–H and O–H groups in total. The summed E-state index contributed by atoms with van der Waals surface area (Å²) in [5.41, 5.74) is 1.43. The Hall–Kier alpha value is -0.330. The van der Waals surface area contributed by atoms with Gasteiger partial charge in [0, 0.05) is 18.7 Å². The molecule has 1 nitrogen and oxygen atoms in total. The minimum Gasteiger partial charge on any atom is -0.294 e. The van der Waals surface area contributed by atoms with Crippen LogP contribution in [0.2, 0.25) is 0 Å². The zero-order chi connectivity index (χ0) is 5.11. The third-order valence-corrected chi connectivity index (χ3v) is 1.27. The zero-order valence-electron chi connectivity index (χ0n) is 4.78. The van der Waals surface area contributed by atoms with E-state index in [-0.39, 0.29) is 0 Å². The van der Waals surface area contributed by atoms with Crippen LogP contribution >= 0.6 is 0 Å². The van der Waals surface area contributed by atoms with Gasteiger partial charge in [0.05, 0.1) is 0 Å². The van der Waals surface area contributed by atoms with Crippen LogP contribution in [0, 0.1) is 0 Å². The van der Waals surface area contributed by atoms with Gasteiger partial charge < -0.3 is 0 Å². The molecule has 0 spiro atoms. The van der Waals surface area contributed by atoms with Crippen LogP contribution in [0.3, 0.4) is 0 Å². The van der Waals surface area contributed by atoms with Gasteiger partial charge in [-0.05, 0) is 6.42 Å². The molecule has 0 saturated heterocycles. The van der Waals surface area contributed by atoms with Gasteiger partial charge in [0.25, 0.3) is 0 Å². The maximum Gasteiger partial charge on any atom is 0.0440 e. The van der Waals surface area contributed by atoms with Gasteiger partial charge in [-0.1, -0.05) is 13.3 Å². The molecule has 1 aliphatic heterocycles. The van der Waals surface area contributed by atoms with E-state index in [2.05, 4.69) is 11.9 Å². The Morgan fingerprint density at radius 3 is 2.57 bits per heavy atom. The summed E-state index contributed by atoms with van der Waals surface area (Å²) in [7, 11) is 0. The predicted molar refractivity (Wildman–Crippen MR) is 31.8 cm³/mol. The van der Waals surface area contributed by atoms with Crippen molar-refractivity contribution >= 4 is 5.71 Å². The topological polar surface area (TPSA) is 12.4 Å². The fourth-order valence-corrected chi connectivity index (χ4v) is 0.763. The first-order chi connectivity index (χ1) is 3.43. The molecule has 0 bridgehead atoms. The summed E-state index contributed by atoms with van der Waals surface area (Å²) < 4.78 is 0. The fourth-order valence-electron chi connectivity index (χ4n) is 0.763. The molecule has 0 aromatic heterocycles. The lowest BCUT2D eigenvalue weighted by molar-refractivity contribution is 0.861. The van der Waals surface area contributed by atoms with Crippen molar-refractivity contribution in [2.75, 3.05) is 6.54 Å². The third kappa shape index (κ3) is 1.02. The molecule has 0 unspecified atom stereocenters. The van der Waals surface area contributed by atoms with Gasteiger partial charge in [-0.25, -0.2) is 0 Å². The Kier molecular flexibility index (Phi) is 1.45. The Bertz CT molecular complexity index is 84.2. The molecular weight excluding hydrogens is 86.1 g/mol. The van der Waals surface area contributed by atoms with E-state index in [1.165, 1.54) is 25.0 Å². The van der Waals surface area contributed by atoms with Crippen molar-refractivity contribution in [3.8, 4) is 0 Å². The van der Waals surface area contributed by atoms with Crippen LogP contribution in [0.5, 0.6) is 0 Å². The molecule has 0 fully saturated rings. The number of rotatable bonds is 2. The maximum atomic E-state index is 4.18. The lowest BCUT2D eigenvalue weighted by atomic mass is 10.1. The predicted octanol–water partition coefficient (Wildman–Crippen LogP) is 1.63. The number of hydrogen-bond donors (Lipinski definition) is 0. The van der Waals surface area contributed by atoms with E-state index in [0.29, 0.717) is 0 Å². The van der Waals surface area contributed by atoms with E-state index in [4.69, 9.17) is 0 Å². The number of hydrogen-bond acceptors (Lipinski definition) is 1. The van der Waals surface area contributed by atoms with Gasteiger partial charge in [-0.15, -0.1) is 0 Å². The SMILES string of the molecule is CCCC1=NCC1. The summed E-state index contributed by atoms with van der Waals surface area (Å²) in [5, 5.41) is 0. The molecular formula is C6H11N. The summed E-state index contributed by atoms with van der Waals surface area (Å²) in [6, 6.07) is 0. The Labute approximate surface area is 44.5 Å². The molecule has 1 rings (SSSR count). The standard InChI is InChI=1S/C6H11N/c1-2-3-6-4-5-7-6/h2-5H2,1H3. The fraction of sp³-hybridized carbons (Fsp3) is 0.833. The van der Waals surface area contributed by atoms with Gasteiger partial charge in [-0.3, -0.25) is 4.99 Å². The summed E-state index contributed by atoms with van der Waals surface area (Å²) in [4.78, 5) is 4.18. The van der Waals surface area contributed by atoms with Crippen LogP contribution in [0.1, 0.15) is 26.2 Å². The first kappa shape index (κ1) is 4.82. The molecule has 1 heteroatoms. The average Bonchev–Trinajstić information content (AvgIpc) is 1.55. The van der Waals surface area contributed by atoms with Crippen molar-refractivity contribution in [1.29, 1.82) is 0 Å². The second-order valence-corrected chi connectivity index (χ2v) is 1.95. The molecule has 1 aliphatic rings. The molecule has 1 heterocycles. The molecule has 0 radical (unpaired) electrons. The average molecular weight is 97.2 g/mol. The monoisotopic (exact) mass is 97.1 g/mol. The van der Waals surface area contributed by atoms with Crippen LogP contribution < -0.4 is 0 Å². The van der Waals surface area contributed by atoms with E-state index >= 15 is 0 Å². The Balaban J connectivity index is 2.15. The second-order valence-electron chi connectivity index (χ2n) is 1.95. The largest absolute Gasteiger partial charge is 0.294 e. The van der Waals surface area contributed by atoms with Crippen molar-refractivity contribution in [3.63, 3.8) is 0 Å². The summed E-state index contributed by atoms with van der Waals surface area (Å²) in [6.45, 7) is 3.29. The zero-order valence-corrected chi connectivity index (χ0v) is 4.78. The molecule has 0 aromatic rings. The molecule has 0 amide bonds. The molecule has 7 heavy (non-hydrogen) atoms. The summed E-state index contributed by atoms with van der Waals surface area (Å²) in [6.07, 6.45) is 3.77. The van der Waals surface area contributed by atoms with E-state index in [1.54, 1.807) is 0 Å². The highest BCUT2D eigenvalue weighted by molar-refractivity contribution is 5.88. The van der Waals surface area contributed by atoms with Crippen molar-refractivity contribution in [3.05, 3.63) is 0 Å². The minimum atomic E-state index is 1.09. The van der Waals surface area contributed by atoms with Crippen LogP contribution in [0.15, 0.2) is 4.99 Å². The summed E-state index contributed by atoms with van der Waals surface area (Å²) in [5.74, 6) is 0. The van der Waals surface area contributed by atoms with E-state index in [0.717, 1.165) is 6.54 Å². The first-order valence-corrected chi connectivity index (χ1v) is 2.95. The molecule has 0 aliphatic carbocycles. The smallest absolute Gasteiger partial charge is 0.0440 e. The van der Waals surface area contributed by atoms with E-state index in [9.17, 15) is 0 Å². The van der Waals surface area contributed by atoms with Gasteiger partial charge in [0.15, 0.2) is 0 Å². The Morgan fingerprint density at radius 1 is 1.71 bits per heavy atom. The molecule has 0 aromatic carbocycles. The highest BCUT2D eigenvalue weighted by Crippen LogP contribution is 2.05. The van der Waals surface area contributed by atoms with Crippen LogP contribution in [-0.4, -0.2) is 12.3 Å². The van der Waals surface area contributed by atoms with Crippen molar-refractivity contribution in [1.82, 2.24) is 0 Å². The Morgan fingerprint density at radius 2 is 2.43 bits per heavy atom.